The van der Waals surface area contributed by atoms with Gasteiger partial charge in [0.2, 0.25) is 11.8 Å². The van der Waals surface area contributed by atoms with Gasteiger partial charge in [-0.25, -0.2) is 9.97 Å². The Bertz CT molecular complexity index is 1130. The fraction of sp³-hybridized carbons (Fsp3) is 0.458. The molecule has 1 aliphatic carbocycles. The van der Waals surface area contributed by atoms with Gasteiger partial charge in [0.1, 0.15) is 11.6 Å². The average Bonchev–Trinajstić information content (AvgIpc) is 3.33. The van der Waals surface area contributed by atoms with Crippen molar-refractivity contribution >= 4 is 16.9 Å². The van der Waals surface area contributed by atoms with Crippen LogP contribution >= 0.6 is 0 Å². The van der Waals surface area contributed by atoms with Gasteiger partial charge in [-0.05, 0) is 45.2 Å². The van der Waals surface area contributed by atoms with E-state index in [1.54, 1.807) is 13.8 Å². The maximum atomic E-state index is 11.7. The van der Waals surface area contributed by atoms with E-state index in [0.717, 1.165) is 40.7 Å². The Labute approximate surface area is 181 Å². The zero-order chi connectivity index (χ0) is 21.8. The van der Waals surface area contributed by atoms with Gasteiger partial charge in [0.15, 0.2) is 0 Å². The van der Waals surface area contributed by atoms with Crippen molar-refractivity contribution in [3.05, 3.63) is 42.2 Å². The van der Waals surface area contributed by atoms with Crippen molar-refractivity contribution < 1.29 is 14.6 Å². The molecule has 1 saturated heterocycles. The molecule has 0 unspecified atom stereocenters. The van der Waals surface area contributed by atoms with Gasteiger partial charge in [-0.1, -0.05) is 24.3 Å². The summed E-state index contributed by atoms with van der Waals surface area (Å²) in [6.45, 7) is 6.17. The number of fused-ring (bicyclic) bond motifs is 1. The van der Waals surface area contributed by atoms with E-state index in [0.29, 0.717) is 24.9 Å². The number of aromatic nitrogens is 3. The van der Waals surface area contributed by atoms with Crippen LogP contribution in [0.15, 0.2) is 36.7 Å². The number of pyridine rings is 1. The number of rotatable bonds is 6. The van der Waals surface area contributed by atoms with Gasteiger partial charge in [0.25, 0.3) is 0 Å². The van der Waals surface area contributed by atoms with E-state index in [-0.39, 0.29) is 17.9 Å². The first kappa shape index (κ1) is 20.0. The first-order valence-electron chi connectivity index (χ1n) is 10.9. The zero-order valence-electron chi connectivity index (χ0n) is 18.1. The average molecular weight is 421 g/mol. The third-order valence-electron chi connectivity index (χ3n) is 6.32. The number of amides is 1. The molecule has 0 radical (unpaired) electrons. The lowest BCUT2D eigenvalue weighted by atomic mass is 9.96. The van der Waals surface area contributed by atoms with Crippen LogP contribution in [0.1, 0.15) is 51.6 Å². The summed E-state index contributed by atoms with van der Waals surface area (Å²) in [5, 5.41) is 13.1. The molecule has 3 heterocycles. The minimum absolute atomic E-state index is 0.0715. The van der Waals surface area contributed by atoms with E-state index < -0.39 is 5.60 Å². The highest BCUT2D eigenvalue weighted by Crippen LogP contribution is 2.40. The van der Waals surface area contributed by atoms with Crippen LogP contribution in [-0.4, -0.2) is 38.2 Å². The van der Waals surface area contributed by atoms with Crippen molar-refractivity contribution in [3.63, 3.8) is 0 Å². The van der Waals surface area contributed by atoms with Gasteiger partial charge in [-0.3, -0.25) is 4.79 Å². The molecule has 1 aromatic carbocycles. The minimum Gasteiger partial charge on any atom is -0.473 e. The maximum Gasteiger partial charge on any atom is 0.241 e. The van der Waals surface area contributed by atoms with Crippen LogP contribution < -0.4 is 10.1 Å². The predicted octanol–water partition coefficient (Wildman–Crippen LogP) is 3.56. The van der Waals surface area contributed by atoms with Gasteiger partial charge >= 0.3 is 0 Å². The number of benzene rings is 1. The summed E-state index contributed by atoms with van der Waals surface area (Å²) in [7, 11) is 0. The first-order chi connectivity index (χ1) is 14.8. The lowest BCUT2D eigenvalue weighted by Crippen LogP contribution is -2.26. The molecule has 0 spiro atoms. The summed E-state index contributed by atoms with van der Waals surface area (Å²) in [4.78, 5) is 21.2. The van der Waals surface area contributed by atoms with Crippen LogP contribution in [0.3, 0.4) is 0 Å². The van der Waals surface area contributed by atoms with E-state index in [4.69, 9.17) is 9.72 Å². The first-order valence-corrected chi connectivity index (χ1v) is 10.9. The number of ether oxygens (including phenoxy) is 1. The Kier molecular flexibility index (Phi) is 4.73. The van der Waals surface area contributed by atoms with Crippen LogP contribution in [0.5, 0.6) is 5.88 Å². The van der Waals surface area contributed by atoms with E-state index in [9.17, 15) is 9.90 Å². The number of aliphatic hydroxyl groups is 1. The number of hydrogen-bond donors (Lipinski definition) is 2. The van der Waals surface area contributed by atoms with Gasteiger partial charge < -0.3 is 19.7 Å². The maximum absolute atomic E-state index is 11.7. The van der Waals surface area contributed by atoms with Crippen molar-refractivity contribution in [1.29, 1.82) is 0 Å². The topological polar surface area (TPSA) is 89.3 Å². The van der Waals surface area contributed by atoms with Crippen molar-refractivity contribution in [3.8, 4) is 17.1 Å². The quantitative estimate of drug-likeness (QED) is 0.636. The molecule has 3 aromatic rings. The number of carbonyl (C=O) groups is 1. The van der Waals surface area contributed by atoms with E-state index in [2.05, 4.69) is 14.9 Å². The van der Waals surface area contributed by atoms with Gasteiger partial charge in [-0.2, -0.15) is 0 Å². The molecule has 1 aliphatic heterocycles. The molecule has 2 aliphatic rings. The molecule has 5 rings (SSSR count). The molecular weight excluding hydrogens is 392 g/mol. The number of nitrogens with zero attached hydrogens (tertiary/aromatic N) is 3. The second-order valence-corrected chi connectivity index (χ2v) is 9.29. The molecule has 0 bridgehead atoms. The molecular formula is C24H28N4O3. The number of imidazole rings is 1. The van der Waals surface area contributed by atoms with Crippen LogP contribution in [0.25, 0.3) is 22.3 Å². The van der Waals surface area contributed by atoms with Crippen LogP contribution in [0.2, 0.25) is 0 Å². The van der Waals surface area contributed by atoms with Crippen molar-refractivity contribution in [2.24, 2.45) is 5.92 Å². The SMILES string of the molecule is C[C@@H](Oc1nc(-c2ccc(C(C)(C)O)cc2)cc2ncn(C3CC3)c12)[C@H]1CNC(=O)C1. The van der Waals surface area contributed by atoms with Gasteiger partial charge in [-0.15, -0.1) is 0 Å². The predicted molar refractivity (Wildman–Crippen MR) is 118 cm³/mol. The highest BCUT2D eigenvalue weighted by molar-refractivity contribution is 5.85. The molecule has 2 aromatic heterocycles. The largest absolute Gasteiger partial charge is 0.473 e. The molecule has 7 heteroatoms. The molecule has 162 valence electrons. The summed E-state index contributed by atoms with van der Waals surface area (Å²) in [6, 6.07) is 10.2. The summed E-state index contributed by atoms with van der Waals surface area (Å²) < 4.78 is 8.54. The highest BCUT2D eigenvalue weighted by Gasteiger charge is 2.31. The Morgan fingerprint density at radius 2 is 2.00 bits per heavy atom. The monoisotopic (exact) mass is 420 g/mol. The lowest BCUT2D eigenvalue weighted by Gasteiger charge is -2.21. The van der Waals surface area contributed by atoms with E-state index in [1.165, 1.54) is 0 Å². The summed E-state index contributed by atoms with van der Waals surface area (Å²) >= 11 is 0. The third kappa shape index (κ3) is 3.90. The Hall–Kier alpha value is -2.93. The van der Waals surface area contributed by atoms with Gasteiger partial charge in [0.05, 0.1) is 23.1 Å². The highest BCUT2D eigenvalue weighted by atomic mass is 16.5. The molecule has 1 saturated carbocycles. The number of hydrogen-bond acceptors (Lipinski definition) is 5. The fourth-order valence-electron chi connectivity index (χ4n) is 4.17. The van der Waals surface area contributed by atoms with Crippen molar-refractivity contribution in [1.82, 2.24) is 19.9 Å². The van der Waals surface area contributed by atoms with Crippen molar-refractivity contribution in [2.75, 3.05) is 6.54 Å². The molecule has 2 fully saturated rings. The van der Waals surface area contributed by atoms with Crippen LogP contribution in [0.4, 0.5) is 0 Å². The molecule has 2 N–H and O–H groups in total. The molecule has 7 nitrogen and oxygen atoms in total. The number of carbonyl (C=O) groups excluding carboxylic acids is 1. The van der Waals surface area contributed by atoms with Crippen LogP contribution in [0, 0.1) is 5.92 Å². The van der Waals surface area contributed by atoms with E-state index in [1.807, 2.05) is 43.6 Å². The molecule has 1 amide bonds. The Balaban J connectivity index is 1.53. The summed E-state index contributed by atoms with van der Waals surface area (Å²) in [5.74, 6) is 0.758. The minimum atomic E-state index is -0.893. The smallest absolute Gasteiger partial charge is 0.241 e. The zero-order valence-corrected chi connectivity index (χ0v) is 18.1. The summed E-state index contributed by atoms with van der Waals surface area (Å²) in [6.07, 6.45) is 4.49. The fourth-order valence-corrected chi connectivity index (χ4v) is 4.17. The van der Waals surface area contributed by atoms with Gasteiger partial charge in [0, 0.05) is 30.5 Å². The lowest BCUT2D eigenvalue weighted by molar-refractivity contribution is -0.119. The third-order valence-corrected chi connectivity index (χ3v) is 6.32. The summed E-state index contributed by atoms with van der Waals surface area (Å²) in [5.41, 5.74) is 3.44. The molecule has 31 heavy (non-hydrogen) atoms. The standard InChI is InChI=1S/C24H28N4O3/c1-14(16-10-21(29)25-12-16)31-23-22-20(26-13-28(22)18-8-9-18)11-19(27-23)15-4-6-17(7-5-15)24(2,3)30/h4-7,11,13-14,16,18,30H,8-10,12H2,1-3H3,(H,25,29)/t14-,16-/m1/s1. The Morgan fingerprint density at radius 1 is 1.26 bits per heavy atom. The second kappa shape index (κ2) is 7.34. The molecule has 2 atom stereocenters. The van der Waals surface area contributed by atoms with E-state index >= 15 is 0 Å². The second-order valence-electron chi connectivity index (χ2n) is 9.29. The van der Waals surface area contributed by atoms with Crippen LogP contribution in [-0.2, 0) is 10.4 Å². The number of nitrogens with one attached hydrogen (secondary N) is 1. The van der Waals surface area contributed by atoms with Crippen molar-refractivity contribution in [2.45, 2.75) is 57.8 Å². The normalized spacial score (nSPS) is 20.1. The Morgan fingerprint density at radius 3 is 2.61 bits per heavy atom.